The standard InChI is InChI=1S/C15H26O2/c1-2-3-4-5-6-7-10-14(16)12-13-9-8-11-15(13)17/h12,14,16H,2-11H2,1H3/b13-12+/t14-/m0/s1. The van der Waals surface area contributed by atoms with Crippen LogP contribution in [-0.4, -0.2) is 17.0 Å². The first-order chi connectivity index (χ1) is 8.24. The average Bonchev–Trinajstić information content (AvgIpc) is 2.69. The largest absolute Gasteiger partial charge is 0.389 e. The van der Waals surface area contributed by atoms with Crippen LogP contribution >= 0.6 is 0 Å². The fourth-order valence-corrected chi connectivity index (χ4v) is 2.37. The number of hydrogen-bond donors (Lipinski definition) is 1. The van der Waals surface area contributed by atoms with E-state index in [0.29, 0.717) is 6.42 Å². The molecule has 1 rings (SSSR count). The van der Waals surface area contributed by atoms with Crippen LogP contribution in [0.2, 0.25) is 0 Å². The van der Waals surface area contributed by atoms with Gasteiger partial charge in [-0.3, -0.25) is 4.79 Å². The van der Waals surface area contributed by atoms with Gasteiger partial charge in [-0.15, -0.1) is 0 Å². The van der Waals surface area contributed by atoms with Crippen molar-refractivity contribution >= 4 is 5.78 Å². The molecule has 98 valence electrons. The Morgan fingerprint density at radius 1 is 1.18 bits per heavy atom. The Labute approximate surface area is 105 Å². The molecule has 2 nitrogen and oxygen atoms in total. The highest BCUT2D eigenvalue weighted by Crippen LogP contribution is 2.21. The van der Waals surface area contributed by atoms with Gasteiger partial charge >= 0.3 is 0 Å². The molecule has 0 unspecified atom stereocenters. The number of hydrogen-bond acceptors (Lipinski definition) is 2. The van der Waals surface area contributed by atoms with E-state index in [1.807, 2.05) is 0 Å². The van der Waals surface area contributed by atoms with Gasteiger partial charge in [0.05, 0.1) is 6.10 Å². The van der Waals surface area contributed by atoms with E-state index in [4.69, 9.17) is 0 Å². The third kappa shape index (κ3) is 6.02. The van der Waals surface area contributed by atoms with Gasteiger partial charge < -0.3 is 5.11 Å². The first-order valence-electron chi connectivity index (χ1n) is 7.16. The summed E-state index contributed by atoms with van der Waals surface area (Å²) in [7, 11) is 0. The fraction of sp³-hybridized carbons (Fsp3) is 0.800. The van der Waals surface area contributed by atoms with Crippen LogP contribution in [0, 0.1) is 0 Å². The minimum atomic E-state index is -0.404. The molecule has 0 radical (unpaired) electrons. The predicted molar refractivity (Wildman–Crippen MR) is 70.9 cm³/mol. The third-order valence-corrected chi connectivity index (χ3v) is 3.46. The number of aliphatic hydroxyl groups is 1. The van der Waals surface area contributed by atoms with Crippen LogP contribution in [0.3, 0.4) is 0 Å². The van der Waals surface area contributed by atoms with Crippen molar-refractivity contribution in [3.63, 3.8) is 0 Å². The molecule has 0 aromatic heterocycles. The third-order valence-electron chi connectivity index (χ3n) is 3.46. The van der Waals surface area contributed by atoms with E-state index < -0.39 is 6.10 Å². The second kappa shape index (κ2) is 8.46. The summed E-state index contributed by atoms with van der Waals surface area (Å²) in [6.45, 7) is 2.22. The molecule has 1 N–H and O–H groups in total. The molecule has 0 heterocycles. The molecule has 1 saturated carbocycles. The zero-order chi connectivity index (χ0) is 12.5. The van der Waals surface area contributed by atoms with Gasteiger partial charge in [0.15, 0.2) is 5.78 Å². The molecule has 1 aliphatic rings. The van der Waals surface area contributed by atoms with Crippen LogP contribution in [0.15, 0.2) is 11.6 Å². The molecular formula is C15H26O2. The molecule has 1 atom stereocenters. The molecule has 0 aliphatic heterocycles. The van der Waals surface area contributed by atoms with Crippen molar-refractivity contribution in [1.29, 1.82) is 0 Å². The molecule has 17 heavy (non-hydrogen) atoms. The number of rotatable bonds is 8. The zero-order valence-electron chi connectivity index (χ0n) is 11.1. The molecule has 0 bridgehead atoms. The van der Waals surface area contributed by atoms with E-state index in [9.17, 15) is 9.90 Å². The van der Waals surface area contributed by atoms with Gasteiger partial charge in [0.1, 0.15) is 0 Å². The summed E-state index contributed by atoms with van der Waals surface area (Å²) in [6, 6.07) is 0. The minimum absolute atomic E-state index is 0.243. The van der Waals surface area contributed by atoms with Crippen molar-refractivity contribution in [3.05, 3.63) is 11.6 Å². The molecular weight excluding hydrogens is 212 g/mol. The minimum Gasteiger partial charge on any atom is -0.389 e. The number of carbonyl (C=O) groups is 1. The Morgan fingerprint density at radius 3 is 2.53 bits per heavy atom. The van der Waals surface area contributed by atoms with E-state index in [1.54, 1.807) is 6.08 Å². The van der Waals surface area contributed by atoms with Gasteiger partial charge in [-0.05, 0) is 30.9 Å². The van der Waals surface area contributed by atoms with Gasteiger partial charge in [-0.1, -0.05) is 45.4 Å². The first kappa shape index (κ1) is 14.4. The van der Waals surface area contributed by atoms with Crippen LogP contribution in [0.5, 0.6) is 0 Å². The van der Waals surface area contributed by atoms with Crippen LogP contribution in [0.4, 0.5) is 0 Å². The Kier molecular flexibility index (Phi) is 7.18. The lowest BCUT2D eigenvalue weighted by atomic mass is 10.0. The summed E-state index contributed by atoms with van der Waals surface area (Å²) in [5, 5.41) is 9.80. The van der Waals surface area contributed by atoms with Crippen molar-refractivity contribution < 1.29 is 9.90 Å². The quantitative estimate of drug-likeness (QED) is 0.516. The molecule has 1 aliphatic carbocycles. The smallest absolute Gasteiger partial charge is 0.158 e. The van der Waals surface area contributed by atoms with Crippen LogP contribution in [0.1, 0.15) is 71.1 Å². The van der Waals surface area contributed by atoms with Crippen LogP contribution < -0.4 is 0 Å². The summed E-state index contributed by atoms with van der Waals surface area (Å²) in [5.41, 5.74) is 0.864. The maximum atomic E-state index is 11.4. The topological polar surface area (TPSA) is 37.3 Å². The van der Waals surface area contributed by atoms with Gasteiger partial charge in [0.2, 0.25) is 0 Å². The van der Waals surface area contributed by atoms with Crippen molar-refractivity contribution in [3.8, 4) is 0 Å². The number of ketones is 1. The average molecular weight is 238 g/mol. The summed E-state index contributed by atoms with van der Waals surface area (Å²) < 4.78 is 0. The Morgan fingerprint density at radius 2 is 1.88 bits per heavy atom. The second-order valence-electron chi connectivity index (χ2n) is 5.09. The highest BCUT2D eigenvalue weighted by Gasteiger charge is 2.17. The van der Waals surface area contributed by atoms with Gasteiger partial charge in [0.25, 0.3) is 0 Å². The number of unbranched alkanes of at least 4 members (excludes halogenated alkanes) is 5. The van der Waals surface area contributed by atoms with Gasteiger partial charge in [0, 0.05) is 6.42 Å². The zero-order valence-corrected chi connectivity index (χ0v) is 11.1. The van der Waals surface area contributed by atoms with Crippen LogP contribution in [-0.2, 0) is 4.79 Å². The van der Waals surface area contributed by atoms with Crippen molar-refractivity contribution in [1.82, 2.24) is 0 Å². The molecule has 1 fully saturated rings. The number of carbonyl (C=O) groups excluding carboxylic acids is 1. The Balaban J connectivity index is 2.08. The van der Waals surface area contributed by atoms with E-state index in [2.05, 4.69) is 6.92 Å². The van der Waals surface area contributed by atoms with Crippen molar-refractivity contribution in [2.24, 2.45) is 0 Å². The maximum Gasteiger partial charge on any atom is 0.158 e. The normalized spacial score (nSPS) is 20.1. The van der Waals surface area contributed by atoms with E-state index >= 15 is 0 Å². The lowest BCUT2D eigenvalue weighted by Crippen LogP contribution is -2.05. The molecule has 0 spiro atoms. The fourth-order valence-electron chi connectivity index (χ4n) is 2.37. The Hall–Kier alpha value is -0.630. The highest BCUT2D eigenvalue weighted by atomic mass is 16.3. The molecule has 0 saturated heterocycles. The summed E-state index contributed by atoms with van der Waals surface area (Å²) in [6.07, 6.45) is 12.2. The molecule has 0 aromatic rings. The summed E-state index contributed by atoms with van der Waals surface area (Å²) >= 11 is 0. The Bertz CT molecular complexity index is 256. The molecule has 0 amide bonds. The number of aliphatic hydroxyl groups excluding tert-OH is 1. The monoisotopic (exact) mass is 238 g/mol. The van der Waals surface area contributed by atoms with E-state index in [1.165, 1.54) is 32.1 Å². The summed E-state index contributed by atoms with van der Waals surface area (Å²) in [5.74, 6) is 0.243. The van der Waals surface area contributed by atoms with Crippen molar-refractivity contribution in [2.75, 3.05) is 0 Å². The SMILES string of the molecule is CCCCCCCC[C@H](O)/C=C1\CCCC1=O. The lowest BCUT2D eigenvalue weighted by Gasteiger charge is -2.06. The molecule has 2 heteroatoms. The van der Waals surface area contributed by atoms with E-state index in [0.717, 1.165) is 31.3 Å². The lowest BCUT2D eigenvalue weighted by molar-refractivity contribution is -0.114. The summed E-state index contributed by atoms with van der Waals surface area (Å²) in [4.78, 5) is 11.4. The number of allylic oxidation sites excluding steroid dienone is 1. The van der Waals surface area contributed by atoms with Crippen molar-refractivity contribution in [2.45, 2.75) is 77.2 Å². The van der Waals surface area contributed by atoms with Gasteiger partial charge in [-0.2, -0.15) is 0 Å². The maximum absolute atomic E-state index is 11.4. The second-order valence-corrected chi connectivity index (χ2v) is 5.09. The predicted octanol–water partition coefficient (Wildman–Crippen LogP) is 3.78. The van der Waals surface area contributed by atoms with Crippen LogP contribution in [0.25, 0.3) is 0 Å². The first-order valence-corrected chi connectivity index (χ1v) is 7.16. The van der Waals surface area contributed by atoms with Gasteiger partial charge in [-0.25, -0.2) is 0 Å². The van der Waals surface area contributed by atoms with E-state index in [-0.39, 0.29) is 5.78 Å². The number of Topliss-reactive ketones (excluding diaryl/α,β-unsaturated/α-hetero) is 1. The molecule has 0 aromatic carbocycles. The highest BCUT2D eigenvalue weighted by molar-refractivity contribution is 5.97.